The Bertz CT molecular complexity index is 348. The van der Waals surface area contributed by atoms with Gasteiger partial charge in [-0.25, -0.2) is 4.39 Å². The molecule has 0 saturated carbocycles. The Morgan fingerprint density at radius 1 is 1.29 bits per heavy atom. The minimum absolute atomic E-state index is 0.196. The maximum atomic E-state index is 12.7. The van der Waals surface area contributed by atoms with Crippen molar-refractivity contribution in [2.45, 2.75) is 25.8 Å². The zero-order valence-electron chi connectivity index (χ0n) is 10.2. The topological polar surface area (TPSA) is 53.1 Å². The average Bonchev–Trinajstić information content (AvgIpc) is 2.27. The van der Waals surface area contributed by atoms with E-state index >= 15 is 0 Å². The first-order valence-electron chi connectivity index (χ1n) is 5.84. The molecule has 3 N–H and O–H groups in total. The van der Waals surface area contributed by atoms with Gasteiger partial charge in [-0.1, -0.05) is 12.1 Å². The van der Waals surface area contributed by atoms with Gasteiger partial charge in [0.2, 0.25) is 0 Å². The Morgan fingerprint density at radius 3 is 2.53 bits per heavy atom. The van der Waals surface area contributed by atoms with Crippen LogP contribution in [0.25, 0.3) is 0 Å². The minimum Gasteiger partial charge on any atom is -0.388 e. The summed E-state index contributed by atoms with van der Waals surface area (Å²) in [6, 6.07) is 6.58. The molecule has 0 fully saturated rings. The molecule has 17 heavy (non-hydrogen) atoms. The van der Waals surface area contributed by atoms with E-state index in [1.54, 1.807) is 12.1 Å². The second-order valence-electron chi connectivity index (χ2n) is 4.35. The van der Waals surface area contributed by atoms with Crippen LogP contribution < -0.4 is 5.73 Å². The molecular weight excluding hydrogens is 217 g/mol. The zero-order valence-corrected chi connectivity index (χ0v) is 10.2. The van der Waals surface area contributed by atoms with Crippen LogP contribution in [0.4, 0.5) is 4.39 Å². The lowest BCUT2D eigenvalue weighted by molar-refractivity contribution is 0.319. The Balaban J connectivity index is 2.22. The largest absolute Gasteiger partial charge is 0.388 e. The Morgan fingerprint density at radius 2 is 1.94 bits per heavy atom. The summed E-state index contributed by atoms with van der Waals surface area (Å²) >= 11 is 0. The van der Waals surface area contributed by atoms with Crippen molar-refractivity contribution in [3.05, 3.63) is 35.6 Å². The fourth-order valence-electron chi connectivity index (χ4n) is 1.68. The molecular formula is C13H20FN3. The molecule has 0 spiro atoms. The predicted octanol–water partition coefficient (Wildman–Crippen LogP) is 2.36. The molecule has 0 aromatic heterocycles. The molecule has 0 heterocycles. The monoisotopic (exact) mass is 237 g/mol. The van der Waals surface area contributed by atoms with Gasteiger partial charge in [-0.05, 0) is 44.1 Å². The highest BCUT2D eigenvalue weighted by Crippen LogP contribution is 2.06. The lowest BCUT2D eigenvalue weighted by Crippen LogP contribution is -2.19. The van der Waals surface area contributed by atoms with Crippen molar-refractivity contribution in [3.8, 4) is 0 Å². The van der Waals surface area contributed by atoms with Crippen molar-refractivity contribution < 1.29 is 4.39 Å². The highest BCUT2D eigenvalue weighted by Gasteiger charge is 2.01. The van der Waals surface area contributed by atoms with Gasteiger partial charge in [-0.3, -0.25) is 5.41 Å². The summed E-state index contributed by atoms with van der Waals surface area (Å²) in [4.78, 5) is 2.19. The molecule has 4 heteroatoms. The molecule has 0 bridgehead atoms. The van der Waals surface area contributed by atoms with Crippen molar-refractivity contribution in [2.75, 3.05) is 13.6 Å². The first-order valence-corrected chi connectivity index (χ1v) is 5.84. The molecule has 0 aliphatic carbocycles. The molecule has 1 aromatic carbocycles. The smallest absolute Gasteiger partial charge is 0.123 e. The minimum atomic E-state index is -0.196. The van der Waals surface area contributed by atoms with Gasteiger partial charge in [-0.2, -0.15) is 0 Å². The highest BCUT2D eigenvalue weighted by molar-refractivity contribution is 5.76. The van der Waals surface area contributed by atoms with Gasteiger partial charge >= 0.3 is 0 Å². The van der Waals surface area contributed by atoms with Crippen LogP contribution in [0.1, 0.15) is 24.8 Å². The number of rotatable bonds is 7. The summed E-state index contributed by atoms with van der Waals surface area (Å²) in [5.74, 6) is 0.0593. The second kappa shape index (κ2) is 7.01. The third kappa shape index (κ3) is 6.02. The van der Waals surface area contributed by atoms with Gasteiger partial charge in [0.25, 0.3) is 0 Å². The van der Waals surface area contributed by atoms with Crippen LogP contribution in [0.3, 0.4) is 0 Å². The van der Waals surface area contributed by atoms with Crippen molar-refractivity contribution in [1.29, 1.82) is 5.41 Å². The van der Waals surface area contributed by atoms with Crippen LogP contribution in [0.15, 0.2) is 24.3 Å². The number of amidine groups is 1. The van der Waals surface area contributed by atoms with E-state index in [0.717, 1.165) is 31.5 Å². The first kappa shape index (κ1) is 13.6. The maximum absolute atomic E-state index is 12.7. The van der Waals surface area contributed by atoms with E-state index in [9.17, 15) is 4.39 Å². The number of benzene rings is 1. The number of halogens is 1. The molecule has 94 valence electrons. The fraction of sp³-hybridized carbons (Fsp3) is 0.462. The Labute approximate surface area is 102 Å². The summed E-state index contributed by atoms with van der Waals surface area (Å²) < 4.78 is 12.7. The lowest BCUT2D eigenvalue weighted by Gasteiger charge is -2.16. The van der Waals surface area contributed by atoms with E-state index in [1.165, 1.54) is 12.1 Å². The zero-order chi connectivity index (χ0) is 12.7. The number of hydrogen-bond acceptors (Lipinski definition) is 2. The van der Waals surface area contributed by atoms with Gasteiger partial charge in [0.1, 0.15) is 5.82 Å². The third-order valence-electron chi connectivity index (χ3n) is 2.60. The summed E-state index contributed by atoms with van der Waals surface area (Å²) in [5, 5.41) is 7.11. The van der Waals surface area contributed by atoms with Crippen molar-refractivity contribution in [2.24, 2.45) is 5.73 Å². The molecule has 0 saturated heterocycles. The van der Waals surface area contributed by atoms with E-state index in [1.807, 2.05) is 7.05 Å². The highest BCUT2D eigenvalue weighted by atomic mass is 19.1. The second-order valence-corrected chi connectivity index (χ2v) is 4.35. The summed E-state index contributed by atoms with van der Waals surface area (Å²) in [6.45, 7) is 1.78. The van der Waals surface area contributed by atoms with Crippen molar-refractivity contribution >= 4 is 5.84 Å². The fourth-order valence-corrected chi connectivity index (χ4v) is 1.68. The molecule has 0 aliphatic rings. The Hall–Kier alpha value is -1.42. The van der Waals surface area contributed by atoms with E-state index in [-0.39, 0.29) is 11.7 Å². The number of nitrogens with two attached hydrogens (primary N) is 1. The van der Waals surface area contributed by atoms with Gasteiger partial charge in [0.05, 0.1) is 5.84 Å². The lowest BCUT2D eigenvalue weighted by atomic mass is 10.2. The van der Waals surface area contributed by atoms with E-state index in [0.29, 0.717) is 6.42 Å². The van der Waals surface area contributed by atoms with E-state index in [2.05, 4.69) is 4.90 Å². The van der Waals surface area contributed by atoms with Gasteiger partial charge in [0.15, 0.2) is 0 Å². The SMILES string of the molecule is CN(CCCCC(=N)N)Cc1ccc(F)cc1. The molecule has 0 radical (unpaired) electrons. The number of nitrogens with one attached hydrogen (secondary N) is 1. The Kier molecular flexibility index (Phi) is 5.63. The van der Waals surface area contributed by atoms with Crippen LogP contribution >= 0.6 is 0 Å². The van der Waals surface area contributed by atoms with E-state index in [4.69, 9.17) is 11.1 Å². The molecule has 3 nitrogen and oxygen atoms in total. The number of unbranched alkanes of at least 4 members (excludes halogenated alkanes) is 1. The van der Waals surface area contributed by atoms with Crippen molar-refractivity contribution in [3.63, 3.8) is 0 Å². The molecule has 0 unspecified atom stereocenters. The van der Waals surface area contributed by atoms with Gasteiger partial charge in [-0.15, -0.1) is 0 Å². The molecule has 0 atom stereocenters. The quantitative estimate of drug-likeness (QED) is 0.434. The van der Waals surface area contributed by atoms with Crippen LogP contribution in [-0.4, -0.2) is 24.3 Å². The van der Waals surface area contributed by atoms with Crippen molar-refractivity contribution in [1.82, 2.24) is 4.90 Å². The normalized spacial score (nSPS) is 10.8. The van der Waals surface area contributed by atoms with Crippen LogP contribution in [0.5, 0.6) is 0 Å². The summed E-state index contributed by atoms with van der Waals surface area (Å²) in [6.07, 6.45) is 2.64. The first-order chi connectivity index (χ1) is 8.08. The number of hydrogen-bond donors (Lipinski definition) is 2. The molecule has 1 aromatic rings. The summed E-state index contributed by atoms with van der Waals surface area (Å²) in [7, 11) is 2.04. The van der Waals surface area contributed by atoms with Gasteiger partial charge in [0, 0.05) is 13.0 Å². The standard InChI is InChI=1S/C13H20FN3/c1-17(9-3-2-4-13(15)16)10-11-5-7-12(14)8-6-11/h5-8H,2-4,9-10H2,1H3,(H3,15,16). The third-order valence-corrected chi connectivity index (χ3v) is 2.60. The molecule has 0 amide bonds. The maximum Gasteiger partial charge on any atom is 0.123 e. The molecule has 1 rings (SSSR count). The van der Waals surface area contributed by atoms with E-state index < -0.39 is 0 Å². The summed E-state index contributed by atoms with van der Waals surface area (Å²) in [5.41, 5.74) is 6.39. The predicted molar refractivity (Wildman–Crippen MR) is 68.5 cm³/mol. The van der Waals surface area contributed by atoms with Crippen LogP contribution in [0, 0.1) is 11.2 Å². The molecule has 0 aliphatic heterocycles. The van der Waals surface area contributed by atoms with Gasteiger partial charge < -0.3 is 10.6 Å². The number of nitrogens with zero attached hydrogens (tertiary/aromatic N) is 1. The van der Waals surface area contributed by atoms with Crippen LogP contribution in [0.2, 0.25) is 0 Å². The average molecular weight is 237 g/mol. The van der Waals surface area contributed by atoms with Crippen LogP contribution in [-0.2, 0) is 6.54 Å².